The van der Waals surface area contributed by atoms with Gasteiger partial charge in [0.25, 0.3) is 0 Å². The zero-order valence-corrected chi connectivity index (χ0v) is 8.49. The molecule has 0 bridgehead atoms. The zero-order chi connectivity index (χ0) is 8.97. The molecule has 4 heteroatoms. The molecule has 2 heterocycles. The van der Waals surface area contributed by atoms with Crippen molar-refractivity contribution < 1.29 is 0 Å². The van der Waals surface area contributed by atoms with E-state index in [1.165, 1.54) is 0 Å². The number of halogens is 1. The lowest BCUT2D eigenvalue weighted by Crippen LogP contribution is -1.73. The first-order chi connectivity index (χ1) is 5.88. The number of pyridine rings is 1. The highest BCUT2D eigenvalue weighted by molar-refractivity contribution is 7.16. The van der Waals surface area contributed by atoms with E-state index in [1.807, 2.05) is 19.9 Å². The summed E-state index contributed by atoms with van der Waals surface area (Å²) in [5, 5.41) is 0.485. The smallest absolute Gasteiger partial charge is 0.156 e. The Kier molecular flexibility index (Phi) is 3.44. The molecule has 2 nitrogen and oxygen atoms in total. The van der Waals surface area contributed by atoms with Crippen LogP contribution in [-0.4, -0.2) is 9.97 Å². The summed E-state index contributed by atoms with van der Waals surface area (Å²) in [5.74, 6) is 0. The van der Waals surface area contributed by atoms with Gasteiger partial charge in [-0.25, -0.2) is 9.97 Å². The molecule has 0 radical (unpaired) electrons. The Hall–Kier alpha value is -0.670. The fourth-order valence-electron chi connectivity index (χ4n) is 0.760. The average Bonchev–Trinajstić information content (AvgIpc) is 2.57. The molecule has 12 heavy (non-hydrogen) atoms. The van der Waals surface area contributed by atoms with Gasteiger partial charge in [0.05, 0.1) is 10.2 Å². The largest absolute Gasteiger partial charge is 0.242 e. The van der Waals surface area contributed by atoms with Gasteiger partial charge in [-0.05, 0) is 6.07 Å². The Balaban J connectivity index is 0.000000336. The highest BCUT2D eigenvalue weighted by Gasteiger charge is 1.99. The average molecular weight is 201 g/mol. The maximum Gasteiger partial charge on any atom is 0.156 e. The lowest BCUT2D eigenvalue weighted by molar-refractivity contribution is 1.34. The van der Waals surface area contributed by atoms with Gasteiger partial charge in [-0.2, -0.15) is 0 Å². The minimum atomic E-state index is 0.485. The van der Waals surface area contributed by atoms with Crippen molar-refractivity contribution in [2.45, 2.75) is 13.8 Å². The topological polar surface area (TPSA) is 25.8 Å². The summed E-state index contributed by atoms with van der Waals surface area (Å²) in [6.07, 6.45) is 1.68. The minimum Gasteiger partial charge on any atom is -0.242 e. The molecule has 0 saturated heterocycles. The number of thiazole rings is 1. The van der Waals surface area contributed by atoms with Crippen LogP contribution in [0.5, 0.6) is 0 Å². The van der Waals surface area contributed by atoms with Crippen LogP contribution in [0.1, 0.15) is 13.8 Å². The van der Waals surface area contributed by atoms with Crippen LogP contribution < -0.4 is 0 Å². The van der Waals surface area contributed by atoms with Gasteiger partial charge in [0.1, 0.15) is 5.52 Å². The van der Waals surface area contributed by atoms with Crippen molar-refractivity contribution in [2.24, 2.45) is 0 Å². The van der Waals surface area contributed by atoms with Crippen molar-refractivity contribution in [3.05, 3.63) is 22.9 Å². The van der Waals surface area contributed by atoms with E-state index in [1.54, 1.807) is 23.0 Å². The van der Waals surface area contributed by atoms with Gasteiger partial charge in [0.15, 0.2) is 5.15 Å². The summed E-state index contributed by atoms with van der Waals surface area (Å²) in [4.78, 5) is 7.93. The Labute approximate surface area is 80.2 Å². The van der Waals surface area contributed by atoms with E-state index in [4.69, 9.17) is 11.6 Å². The molecule has 0 atom stereocenters. The summed E-state index contributed by atoms with van der Waals surface area (Å²) in [6, 6.07) is 1.90. The van der Waals surface area contributed by atoms with E-state index in [9.17, 15) is 0 Å². The molecular weight excluding hydrogens is 192 g/mol. The van der Waals surface area contributed by atoms with Crippen molar-refractivity contribution in [1.29, 1.82) is 0 Å². The summed E-state index contributed by atoms with van der Waals surface area (Å²) < 4.78 is 1.08. The second-order valence-corrected chi connectivity index (χ2v) is 3.05. The maximum atomic E-state index is 5.73. The molecule has 0 unspecified atom stereocenters. The standard InChI is InChI=1S/C6H3ClN2S.C2H6/c7-6-5-4(1-2-8-6)10-3-9-5;1-2/h1-3H;1-2H3. The first-order valence-electron chi connectivity index (χ1n) is 3.71. The van der Waals surface area contributed by atoms with Crippen molar-refractivity contribution in [2.75, 3.05) is 0 Å². The number of rotatable bonds is 0. The van der Waals surface area contributed by atoms with Crippen LogP contribution in [0.4, 0.5) is 0 Å². The van der Waals surface area contributed by atoms with Crippen LogP contribution in [0.3, 0.4) is 0 Å². The number of hydrogen-bond donors (Lipinski definition) is 0. The molecule has 2 rings (SSSR count). The molecule has 0 fully saturated rings. The Morgan fingerprint density at radius 3 is 2.75 bits per heavy atom. The number of aromatic nitrogens is 2. The van der Waals surface area contributed by atoms with E-state index in [0.29, 0.717) is 5.15 Å². The Morgan fingerprint density at radius 2 is 2.08 bits per heavy atom. The minimum absolute atomic E-state index is 0.485. The van der Waals surface area contributed by atoms with Crippen LogP contribution in [0.15, 0.2) is 17.8 Å². The molecule has 0 aromatic carbocycles. The third kappa shape index (κ3) is 1.73. The third-order valence-electron chi connectivity index (χ3n) is 1.20. The molecule has 0 aliphatic rings. The van der Waals surface area contributed by atoms with Gasteiger partial charge in [-0.1, -0.05) is 25.4 Å². The lowest BCUT2D eigenvalue weighted by Gasteiger charge is -1.87. The van der Waals surface area contributed by atoms with E-state index in [2.05, 4.69) is 9.97 Å². The molecule has 0 aliphatic carbocycles. The Bertz CT molecular complexity index is 359. The van der Waals surface area contributed by atoms with Gasteiger partial charge in [0.2, 0.25) is 0 Å². The predicted octanol–water partition coefficient (Wildman–Crippen LogP) is 3.37. The van der Waals surface area contributed by atoms with Gasteiger partial charge in [0, 0.05) is 6.20 Å². The second kappa shape index (κ2) is 4.38. The number of nitrogens with zero attached hydrogens (tertiary/aromatic N) is 2. The molecular formula is C8H9ClN2S. The molecule has 0 aliphatic heterocycles. The van der Waals surface area contributed by atoms with Crippen LogP contribution in [0.25, 0.3) is 10.2 Å². The molecule has 0 spiro atoms. The van der Waals surface area contributed by atoms with Crippen molar-refractivity contribution in [1.82, 2.24) is 9.97 Å². The molecule has 0 N–H and O–H groups in total. The number of fused-ring (bicyclic) bond motifs is 1. The highest BCUT2D eigenvalue weighted by Crippen LogP contribution is 2.21. The molecule has 2 aromatic heterocycles. The fourth-order valence-corrected chi connectivity index (χ4v) is 1.70. The van der Waals surface area contributed by atoms with Crippen LogP contribution in [-0.2, 0) is 0 Å². The zero-order valence-electron chi connectivity index (χ0n) is 6.91. The van der Waals surface area contributed by atoms with Crippen LogP contribution >= 0.6 is 22.9 Å². The van der Waals surface area contributed by atoms with Crippen molar-refractivity contribution >= 4 is 33.2 Å². The summed E-state index contributed by atoms with van der Waals surface area (Å²) in [7, 11) is 0. The van der Waals surface area contributed by atoms with Gasteiger partial charge < -0.3 is 0 Å². The summed E-state index contributed by atoms with van der Waals surface area (Å²) >= 11 is 7.30. The summed E-state index contributed by atoms with van der Waals surface area (Å²) in [5.41, 5.74) is 2.56. The van der Waals surface area contributed by atoms with Gasteiger partial charge in [-0.15, -0.1) is 11.3 Å². The van der Waals surface area contributed by atoms with E-state index < -0.39 is 0 Å². The first kappa shape index (κ1) is 9.42. The van der Waals surface area contributed by atoms with E-state index >= 15 is 0 Å². The fraction of sp³-hybridized carbons (Fsp3) is 0.250. The molecule has 0 amide bonds. The lowest BCUT2D eigenvalue weighted by atomic mass is 10.5. The summed E-state index contributed by atoms with van der Waals surface area (Å²) in [6.45, 7) is 4.00. The van der Waals surface area contributed by atoms with Crippen molar-refractivity contribution in [3.63, 3.8) is 0 Å². The first-order valence-corrected chi connectivity index (χ1v) is 4.97. The maximum absolute atomic E-state index is 5.73. The number of hydrogen-bond acceptors (Lipinski definition) is 3. The normalized spacial score (nSPS) is 9.25. The highest BCUT2D eigenvalue weighted by atomic mass is 35.5. The van der Waals surface area contributed by atoms with Crippen LogP contribution in [0.2, 0.25) is 5.15 Å². The quantitative estimate of drug-likeness (QED) is 0.610. The van der Waals surface area contributed by atoms with Crippen LogP contribution in [0, 0.1) is 0 Å². The SMILES string of the molecule is CC.Clc1nccc2scnc12. The van der Waals surface area contributed by atoms with E-state index in [-0.39, 0.29) is 0 Å². The third-order valence-corrected chi connectivity index (χ3v) is 2.27. The van der Waals surface area contributed by atoms with Crippen molar-refractivity contribution in [3.8, 4) is 0 Å². The molecule has 0 saturated carbocycles. The molecule has 64 valence electrons. The van der Waals surface area contributed by atoms with Gasteiger partial charge in [-0.3, -0.25) is 0 Å². The molecule has 2 aromatic rings. The van der Waals surface area contributed by atoms with Gasteiger partial charge >= 0.3 is 0 Å². The second-order valence-electron chi connectivity index (χ2n) is 1.80. The predicted molar refractivity (Wildman–Crippen MR) is 53.8 cm³/mol. The Morgan fingerprint density at radius 1 is 1.33 bits per heavy atom. The van der Waals surface area contributed by atoms with E-state index in [0.717, 1.165) is 10.2 Å². The monoisotopic (exact) mass is 200 g/mol.